The molecular weight excluding hydrogens is 316 g/mol. The van der Waals surface area contributed by atoms with Crippen LogP contribution in [0.1, 0.15) is 0 Å². The van der Waals surface area contributed by atoms with Gasteiger partial charge in [0, 0.05) is 7.11 Å². The van der Waals surface area contributed by atoms with Gasteiger partial charge in [0.1, 0.15) is 0 Å². The summed E-state index contributed by atoms with van der Waals surface area (Å²) in [5, 5.41) is 7.00. The first-order chi connectivity index (χ1) is 12.9. The fourth-order valence-electron chi connectivity index (χ4n) is 2.97. The first kappa shape index (κ1) is 17.7. The van der Waals surface area contributed by atoms with E-state index in [1.165, 1.54) is 33.4 Å². The van der Waals surface area contributed by atoms with E-state index >= 15 is 0 Å². The molecule has 0 unspecified atom stereocenters. The van der Waals surface area contributed by atoms with Crippen molar-refractivity contribution in [3.05, 3.63) is 109 Å². The number of rotatable bonds is 3. The lowest BCUT2D eigenvalue weighted by Crippen LogP contribution is -1.81. The van der Waals surface area contributed by atoms with Crippen LogP contribution in [0.2, 0.25) is 0 Å². The van der Waals surface area contributed by atoms with E-state index in [2.05, 4.69) is 97.1 Å². The molecule has 4 aromatic carbocycles. The van der Waals surface area contributed by atoms with Gasteiger partial charge in [-0.25, -0.2) is 0 Å². The average molecular weight is 338 g/mol. The maximum Gasteiger partial charge on any atom is 0.0319 e. The van der Waals surface area contributed by atoms with E-state index in [4.69, 9.17) is 5.11 Å². The fourth-order valence-corrected chi connectivity index (χ4v) is 2.97. The van der Waals surface area contributed by atoms with Gasteiger partial charge in [-0.1, -0.05) is 109 Å². The molecule has 0 saturated heterocycles. The largest absolute Gasteiger partial charge is 0.400 e. The lowest BCUT2D eigenvalue weighted by atomic mass is 9.98. The minimum absolute atomic E-state index is 1.00. The number of benzene rings is 4. The third-order valence-corrected chi connectivity index (χ3v) is 4.32. The third-order valence-electron chi connectivity index (χ3n) is 4.32. The summed E-state index contributed by atoms with van der Waals surface area (Å²) in [5.74, 6) is 0. The van der Waals surface area contributed by atoms with Crippen molar-refractivity contribution in [3.63, 3.8) is 0 Å². The Morgan fingerprint density at radius 3 is 0.731 bits per heavy atom. The Bertz CT molecular complexity index is 828. The second-order valence-corrected chi connectivity index (χ2v) is 5.89. The van der Waals surface area contributed by atoms with Gasteiger partial charge in [-0.3, -0.25) is 0 Å². The SMILES string of the molecule is CO.c1ccc(-c2ccc(-c3ccc(-c4ccccc4)cc3)cc2)cc1. The molecule has 0 aliphatic heterocycles. The Morgan fingerprint density at radius 2 is 0.500 bits per heavy atom. The first-order valence-electron chi connectivity index (χ1n) is 8.66. The van der Waals surface area contributed by atoms with Crippen LogP contribution in [0.5, 0.6) is 0 Å². The summed E-state index contributed by atoms with van der Waals surface area (Å²) in [7, 11) is 1.00. The van der Waals surface area contributed by atoms with E-state index in [9.17, 15) is 0 Å². The Balaban J connectivity index is 0.000000948. The molecule has 0 radical (unpaired) electrons. The highest BCUT2D eigenvalue weighted by molar-refractivity contribution is 5.73. The Labute approximate surface area is 155 Å². The van der Waals surface area contributed by atoms with Crippen molar-refractivity contribution in [1.29, 1.82) is 0 Å². The van der Waals surface area contributed by atoms with Gasteiger partial charge in [-0.2, -0.15) is 0 Å². The van der Waals surface area contributed by atoms with Crippen molar-refractivity contribution >= 4 is 0 Å². The van der Waals surface area contributed by atoms with Gasteiger partial charge < -0.3 is 5.11 Å². The summed E-state index contributed by atoms with van der Waals surface area (Å²) >= 11 is 0. The molecule has 0 aliphatic rings. The third kappa shape index (κ3) is 4.08. The molecule has 0 bridgehead atoms. The van der Waals surface area contributed by atoms with Crippen LogP contribution >= 0.6 is 0 Å². The number of hydrogen-bond donors (Lipinski definition) is 1. The van der Waals surface area contributed by atoms with Crippen LogP contribution in [0.15, 0.2) is 109 Å². The van der Waals surface area contributed by atoms with Crippen LogP contribution in [0, 0.1) is 0 Å². The summed E-state index contributed by atoms with van der Waals surface area (Å²) in [6.45, 7) is 0. The zero-order chi connectivity index (χ0) is 18.2. The van der Waals surface area contributed by atoms with Gasteiger partial charge in [0.15, 0.2) is 0 Å². The molecule has 4 aromatic rings. The van der Waals surface area contributed by atoms with E-state index in [0.29, 0.717) is 0 Å². The predicted molar refractivity (Wildman–Crippen MR) is 111 cm³/mol. The minimum atomic E-state index is 1.00. The molecule has 4 rings (SSSR count). The van der Waals surface area contributed by atoms with Crippen LogP contribution in [0.25, 0.3) is 33.4 Å². The van der Waals surface area contributed by atoms with E-state index in [1.54, 1.807) is 0 Å². The topological polar surface area (TPSA) is 20.2 Å². The maximum atomic E-state index is 7.00. The molecule has 0 saturated carbocycles. The Hall–Kier alpha value is -3.16. The summed E-state index contributed by atoms with van der Waals surface area (Å²) in [5.41, 5.74) is 7.50. The highest BCUT2D eigenvalue weighted by Gasteiger charge is 2.01. The molecule has 0 fully saturated rings. The van der Waals surface area contributed by atoms with E-state index < -0.39 is 0 Å². The van der Waals surface area contributed by atoms with Crippen molar-refractivity contribution in [1.82, 2.24) is 0 Å². The minimum Gasteiger partial charge on any atom is -0.400 e. The number of hydrogen-bond acceptors (Lipinski definition) is 1. The molecule has 0 heterocycles. The maximum absolute atomic E-state index is 7.00. The van der Waals surface area contributed by atoms with Crippen LogP contribution in [-0.2, 0) is 0 Å². The monoisotopic (exact) mass is 338 g/mol. The van der Waals surface area contributed by atoms with Crippen LogP contribution < -0.4 is 0 Å². The van der Waals surface area contributed by atoms with E-state index in [1.807, 2.05) is 12.1 Å². The summed E-state index contributed by atoms with van der Waals surface area (Å²) < 4.78 is 0. The van der Waals surface area contributed by atoms with Crippen molar-refractivity contribution in [2.75, 3.05) is 7.11 Å². The van der Waals surface area contributed by atoms with Crippen LogP contribution in [0.4, 0.5) is 0 Å². The Kier molecular flexibility index (Phi) is 5.97. The van der Waals surface area contributed by atoms with Gasteiger partial charge in [0.2, 0.25) is 0 Å². The lowest BCUT2D eigenvalue weighted by molar-refractivity contribution is 0.399. The normalized spacial score (nSPS) is 9.92. The quantitative estimate of drug-likeness (QED) is 0.465. The van der Waals surface area contributed by atoms with Gasteiger partial charge in [-0.15, -0.1) is 0 Å². The molecule has 0 amide bonds. The zero-order valence-electron chi connectivity index (χ0n) is 14.8. The summed E-state index contributed by atoms with van der Waals surface area (Å²) in [6, 6.07) is 38.5. The van der Waals surface area contributed by atoms with Crippen LogP contribution in [0.3, 0.4) is 0 Å². The Morgan fingerprint density at radius 1 is 0.308 bits per heavy atom. The lowest BCUT2D eigenvalue weighted by Gasteiger charge is -2.07. The standard InChI is InChI=1S/C24H18.CH4O/c1-3-7-19(8-4-1)21-11-15-23(16-12-21)24-17-13-22(14-18-24)20-9-5-2-6-10-20;1-2/h1-18H;2H,1H3. The van der Waals surface area contributed by atoms with E-state index in [0.717, 1.165) is 7.11 Å². The summed E-state index contributed by atoms with van der Waals surface area (Å²) in [4.78, 5) is 0. The average Bonchev–Trinajstić information content (AvgIpc) is 2.77. The first-order valence-corrected chi connectivity index (χ1v) is 8.66. The van der Waals surface area contributed by atoms with Gasteiger partial charge >= 0.3 is 0 Å². The molecule has 1 N–H and O–H groups in total. The predicted octanol–water partition coefficient (Wildman–Crippen LogP) is 6.30. The molecule has 1 nitrogen and oxygen atoms in total. The highest BCUT2D eigenvalue weighted by Crippen LogP contribution is 2.27. The van der Waals surface area contributed by atoms with Crippen molar-refractivity contribution < 1.29 is 5.11 Å². The molecule has 1 heteroatoms. The molecule has 26 heavy (non-hydrogen) atoms. The molecule has 128 valence electrons. The van der Waals surface area contributed by atoms with Crippen molar-refractivity contribution in [2.24, 2.45) is 0 Å². The van der Waals surface area contributed by atoms with Crippen LogP contribution in [-0.4, -0.2) is 12.2 Å². The summed E-state index contributed by atoms with van der Waals surface area (Å²) in [6.07, 6.45) is 0. The molecule has 0 spiro atoms. The second kappa shape index (κ2) is 8.80. The van der Waals surface area contributed by atoms with Crippen molar-refractivity contribution in [3.8, 4) is 33.4 Å². The molecule has 0 aromatic heterocycles. The van der Waals surface area contributed by atoms with Crippen molar-refractivity contribution in [2.45, 2.75) is 0 Å². The molecule has 0 aliphatic carbocycles. The van der Waals surface area contributed by atoms with Gasteiger partial charge in [0.05, 0.1) is 0 Å². The fraction of sp³-hybridized carbons (Fsp3) is 0.0400. The van der Waals surface area contributed by atoms with E-state index in [-0.39, 0.29) is 0 Å². The van der Waals surface area contributed by atoms with Gasteiger partial charge in [0.25, 0.3) is 0 Å². The second-order valence-electron chi connectivity index (χ2n) is 5.89. The highest BCUT2D eigenvalue weighted by atomic mass is 16.2. The molecular formula is C25H22O. The number of aliphatic hydroxyl groups excluding tert-OH is 1. The van der Waals surface area contributed by atoms with Gasteiger partial charge in [-0.05, 0) is 33.4 Å². The zero-order valence-corrected chi connectivity index (χ0v) is 14.8. The molecule has 0 atom stereocenters. The number of aliphatic hydroxyl groups is 1. The smallest absolute Gasteiger partial charge is 0.0319 e.